The van der Waals surface area contributed by atoms with E-state index in [0.717, 1.165) is 31.4 Å². The molecule has 0 saturated carbocycles. The number of benzene rings is 1. The highest BCUT2D eigenvalue weighted by atomic mass is 19.4. The van der Waals surface area contributed by atoms with Gasteiger partial charge in [0.1, 0.15) is 18.9 Å². The molecule has 1 aromatic rings. The van der Waals surface area contributed by atoms with Gasteiger partial charge in [0, 0.05) is 5.69 Å². The second-order valence-electron chi connectivity index (χ2n) is 3.69. The molecular weight excluding hydrogens is 310 g/mol. The molecule has 0 aliphatic heterocycles. The lowest BCUT2D eigenvalue weighted by Gasteiger charge is -2.14. The number of nitrogens with one attached hydrogen (secondary N) is 1. The highest BCUT2D eigenvalue weighted by molar-refractivity contribution is 6.48. The Bertz CT molecular complexity index is 593. The highest BCUT2D eigenvalue weighted by Crippen LogP contribution is 2.26. The summed E-state index contributed by atoms with van der Waals surface area (Å²) in [6.45, 7) is 0. The number of rotatable bonds is 5. The topological polar surface area (TPSA) is 83.7 Å². The second-order valence-corrected chi connectivity index (χ2v) is 3.69. The van der Waals surface area contributed by atoms with Gasteiger partial charge in [-0.15, -0.1) is 0 Å². The number of hydrogen-bond donors (Lipinski definition) is 1. The van der Waals surface area contributed by atoms with E-state index in [9.17, 15) is 22.4 Å². The Morgan fingerprint density at radius 3 is 2.41 bits per heavy atom. The van der Waals surface area contributed by atoms with Gasteiger partial charge in [0.15, 0.2) is 0 Å². The van der Waals surface area contributed by atoms with E-state index in [0.29, 0.717) is 0 Å². The number of anilines is 1. The zero-order chi connectivity index (χ0) is 16.8. The van der Waals surface area contributed by atoms with Gasteiger partial charge < -0.3 is 14.9 Å². The third-order valence-corrected chi connectivity index (χ3v) is 2.11. The molecule has 0 aliphatic rings. The van der Waals surface area contributed by atoms with Crippen LogP contribution in [0.3, 0.4) is 0 Å². The maximum absolute atomic E-state index is 12.7. The number of hydrogen-bond acceptors (Lipinski definition) is 5. The average molecular weight is 319 g/mol. The SMILES string of the molecule is CON=C(C#N)C(=O)Nc1ccc(OC(F)C(F)(F)F)cc1. The van der Waals surface area contributed by atoms with E-state index in [1.54, 1.807) is 0 Å². The zero-order valence-electron chi connectivity index (χ0n) is 11.0. The average Bonchev–Trinajstić information content (AvgIpc) is 2.45. The van der Waals surface area contributed by atoms with Crippen molar-refractivity contribution in [1.82, 2.24) is 0 Å². The minimum Gasteiger partial charge on any atom is -0.452 e. The first kappa shape index (κ1) is 17.2. The van der Waals surface area contributed by atoms with Crippen LogP contribution in [0.5, 0.6) is 5.75 Å². The summed E-state index contributed by atoms with van der Waals surface area (Å²) in [5.41, 5.74) is -0.414. The Kier molecular flexibility index (Phi) is 5.68. The van der Waals surface area contributed by atoms with Gasteiger partial charge in [0.25, 0.3) is 5.91 Å². The molecule has 0 fully saturated rings. The van der Waals surface area contributed by atoms with Crippen molar-refractivity contribution in [3.63, 3.8) is 0 Å². The summed E-state index contributed by atoms with van der Waals surface area (Å²) in [5.74, 6) is -1.26. The lowest BCUT2D eigenvalue weighted by molar-refractivity contribution is -0.236. The van der Waals surface area contributed by atoms with Crippen LogP contribution in [0.4, 0.5) is 23.2 Å². The number of amides is 1. The molecular formula is C12H9F4N3O3. The van der Waals surface area contributed by atoms with Crippen LogP contribution in [0.25, 0.3) is 0 Å². The smallest absolute Gasteiger partial charge is 0.452 e. The lowest BCUT2D eigenvalue weighted by atomic mass is 10.3. The van der Waals surface area contributed by atoms with Crippen molar-refractivity contribution in [2.75, 3.05) is 12.4 Å². The fraction of sp³-hybridized carbons (Fsp3) is 0.250. The molecule has 22 heavy (non-hydrogen) atoms. The van der Waals surface area contributed by atoms with Gasteiger partial charge in [-0.1, -0.05) is 5.16 Å². The van der Waals surface area contributed by atoms with Crippen molar-refractivity contribution < 1.29 is 31.9 Å². The molecule has 0 bridgehead atoms. The molecule has 1 N–H and O–H groups in total. The third kappa shape index (κ3) is 4.93. The van der Waals surface area contributed by atoms with Gasteiger partial charge in [-0.25, -0.2) is 0 Å². The summed E-state index contributed by atoms with van der Waals surface area (Å²) in [7, 11) is 1.14. The number of ether oxygens (including phenoxy) is 1. The summed E-state index contributed by atoms with van der Waals surface area (Å²) in [6, 6.07) is 5.86. The first-order valence-corrected chi connectivity index (χ1v) is 5.58. The van der Waals surface area contributed by atoms with E-state index in [2.05, 4.69) is 20.0 Å². The summed E-state index contributed by atoms with van der Waals surface area (Å²) in [4.78, 5) is 15.8. The van der Waals surface area contributed by atoms with Crippen LogP contribution < -0.4 is 10.1 Å². The normalized spacial score (nSPS) is 13.0. The number of halogens is 4. The van der Waals surface area contributed by atoms with E-state index >= 15 is 0 Å². The molecule has 10 heteroatoms. The largest absolute Gasteiger partial charge is 0.457 e. The maximum atomic E-state index is 12.7. The van der Waals surface area contributed by atoms with Crippen molar-refractivity contribution in [2.24, 2.45) is 5.16 Å². The monoisotopic (exact) mass is 319 g/mol. The summed E-state index contributed by atoms with van der Waals surface area (Å²) in [6.07, 6.45) is -8.59. The van der Waals surface area contributed by atoms with Gasteiger partial charge in [-0.2, -0.15) is 22.8 Å². The standard InChI is InChI=1S/C12H9F4N3O3/c1-21-19-9(6-17)10(20)18-7-2-4-8(5-3-7)22-11(13)12(14,15)16/h2-5,11H,1H3,(H,18,20). The van der Waals surface area contributed by atoms with Crippen molar-refractivity contribution in [3.05, 3.63) is 24.3 Å². The summed E-state index contributed by atoms with van der Waals surface area (Å²) >= 11 is 0. The predicted molar refractivity (Wildman–Crippen MR) is 66.7 cm³/mol. The second kappa shape index (κ2) is 7.26. The molecule has 1 aromatic carbocycles. The number of carbonyl (C=O) groups excluding carboxylic acids is 1. The molecule has 1 amide bonds. The number of carbonyl (C=O) groups is 1. The molecule has 6 nitrogen and oxygen atoms in total. The third-order valence-electron chi connectivity index (χ3n) is 2.11. The Hall–Kier alpha value is -2.83. The maximum Gasteiger partial charge on any atom is 0.457 e. The van der Waals surface area contributed by atoms with Gasteiger partial charge in [0.05, 0.1) is 0 Å². The molecule has 0 spiro atoms. The Morgan fingerprint density at radius 2 is 1.95 bits per heavy atom. The van der Waals surface area contributed by atoms with E-state index in [-0.39, 0.29) is 11.4 Å². The molecule has 0 heterocycles. The highest BCUT2D eigenvalue weighted by Gasteiger charge is 2.42. The molecule has 0 saturated heterocycles. The zero-order valence-corrected chi connectivity index (χ0v) is 11.0. The first-order chi connectivity index (χ1) is 10.3. The van der Waals surface area contributed by atoms with Gasteiger partial charge in [-0.05, 0) is 24.3 Å². The molecule has 0 aromatic heterocycles. The van der Waals surface area contributed by atoms with Crippen LogP contribution in [0.15, 0.2) is 29.4 Å². The summed E-state index contributed by atoms with van der Waals surface area (Å²) < 4.78 is 52.6. The van der Waals surface area contributed by atoms with Gasteiger partial charge in [0.2, 0.25) is 5.71 Å². The first-order valence-electron chi connectivity index (χ1n) is 5.58. The van der Waals surface area contributed by atoms with Crippen LogP contribution in [-0.4, -0.2) is 31.3 Å². The van der Waals surface area contributed by atoms with Crippen LogP contribution in [-0.2, 0) is 9.63 Å². The quantitative estimate of drug-likeness (QED) is 0.513. The fourth-order valence-corrected chi connectivity index (χ4v) is 1.20. The Morgan fingerprint density at radius 1 is 1.36 bits per heavy atom. The van der Waals surface area contributed by atoms with Gasteiger partial charge >= 0.3 is 12.5 Å². The van der Waals surface area contributed by atoms with E-state index in [4.69, 9.17) is 5.26 Å². The molecule has 1 rings (SSSR count). The van der Waals surface area contributed by atoms with E-state index in [1.165, 1.54) is 6.07 Å². The molecule has 0 aliphatic carbocycles. The number of alkyl halides is 4. The molecule has 1 unspecified atom stereocenters. The number of nitriles is 1. The minimum atomic E-state index is -5.13. The van der Waals surface area contributed by atoms with E-state index < -0.39 is 24.2 Å². The predicted octanol–water partition coefficient (Wildman–Crippen LogP) is 2.39. The molecule has 1 atom stereocenters. The molecule has 0 radical (unpaired) electrons. The van der Waals surface area contributed by atoms with Crippen LogP contribution in [0.1, 0.15) is 0 Å². The van der Waals surface area contributed by atoms with Crippen molar-refractivity contribution in [3.8, 4) is 11.8 Å². The summed E-state index contributed by atoms with van der Waals surface area (Å²) in [5, 5.41) is 14.0. The van der Waals surface area contributed by atoms with Crippen molar-refractivity contribution in [1.29, 1.82) is 5.26 Å². The van der Waals surface area contributed by atoms with Crippen LogP contribution >= 0.6 is 0 Å². The van der Waals surface area contributed by atoms with E-state index in [1.807, 2.05) is 0 Å². The number of nitrogens with zero attached hydrogens (tertiary/aromatic N) is 2. The Balaban J connectivity index is 2.72. The van der Waals surface area contributed by atoms with Crippen molar-refractivity contribution in [2.45, 2.75) is 12.5 Å². The fourth-order valence-electron chi connectivity index (χ4n) is 1.20. The number of oxime groups is 1. The Labute approximate surface area is 121 Å². The molecule has 118 valence electrons. The van der Waals surface area contributed by atoms with Gasteiger partial charge in [-0.3, -0.25) is 4.79 Å². The minimum absolute atomic E-state index is 0.138. The van der Waals surface area contributed by atoms with Crippen molar-refractivity contribution >= 4 is 17.3 Å². The van der Waals surface area contributed by atoms with Crippen LogP contribution in [0.2, 0.25) is 0 Å². The lowest BCUT2D eigenvalue weighted by Crippen LogP contribution is -2.29. The van der Waals surface area contributed by atoms with Crippen LogP contribution in [0, 0.1) is 11.3 Å².